The third-order valence-electron chi connectivity index (χ3n) is 3.22. The summed E-state index contributed by atoms with van der Waals surface area (Å²) in [5.41, 5.74) is 0.868. The molecule has 0 unspecified atom stereocenters. The van der Waals surface area contributed by atoms with Crippen LogP contribution < -0.4 is 0 Å². The maximum absolute atomic E-state index is 12.5. The molecule has 0 fully saturated rings. The summed E-state index contributed by atoms with van der Waals surface area (Å²) in [6, 6.07) is 10.4. The molecule has 5 nitrogen and oxygen atoms in total. The molecule has 1 aliphatic heterocycles. The van der Waals surface area contributed by atoms with Crippen LogP contribution in [0.3, 0.4) is 0 Å². The Hall–Kier alpha value is -2.47. The van der Waals surface area contributed by atoms with Crippen LogP contribution in [0.15, 0.2) is 57.8 Å². The molecule has 0 spiro atoms. The van der Waals surface area contributed by atoms with E-state index in [1.54, 1.807) is 47.6 Å². The zero-order chi connectivity index (χ0) is 15.5. The fourth-order valence-electron chi connectivity index (χ4n) is 2.14. The minimum absolute atomic E-state index is 0.119. The predicted molar refractivity (Wildman–Crippen MR) is 86.3 cm³/mol. The van der Waals surface area contributed by atoms with E-state index < -0.39 is 0 Å². The number of carbonyl (C=O) groups is 1. The number of hydrogen-bond donors (Lipinski definition) is 1. The maximum atomic E-state index is 12.5. The number of aromatic hydroxyl groups is 1. The highest BCUT2D eigenvalue weighted by atomic mass is 32.2. The molecule has 0 atom stereocenters. The number of amidine groups is 1. The largest absolute Gasteiger partial charge is 0.507 e. The SMILES string of the molecule is CSC1=NC(=Cc2ccccc2O)C(=O)N1Cc1ccco1. The zero-order valence-corrected chi connectivity index (χ0v) is 12.7. The fourth-order valence-corrected chi connectivity index (χ4v) is 2.70. The summed E-state index contributed by atoms with van der Waals surface area (Å²) in [6.07, 6.45) is 5.03. The van der Waals surface area contributed by atoms with E-state index in [0.717, 1.165) is 0 Å². The van der Waals surface area contributed by atoms with Gasteiger partial charge in [0.1, 0.15) is 17.2 Å². The molecule has 1 aromatic heterocycles. The van der Waals surface area contributed by atoms with Gasteiger partial charge in [-0.25, -0.2) is 4.99 Å². The van der Waals surface area contributed by atoms with Gasteiger partial charge < -0.3 is 9.52 Å². The molecule has 0 radical (unpaired) electrons. The quantitative estimate of drug-likeness (QED) is 0.884. The highest BCUT2D eigenvalue weighted by Gasteiger charge is 2.30. The van der Waals surface area contributed by atoms with Gasteiger partial charge in [0.15, 0.2) is 5.17 Å². The van der Waals surface area contributed by atoms with E-state index in [-0.39, 0.29) is 11.7 Å². The molecular formula is C16H14N2O3S. The molecule has 112 valence electrons. The van der Waals surface area contributed by atoms with Crippen LogP contribution in [0.5, 0.6) is 5.75 Å². The maximum Gasteiger partial charge on any atom is 0.278 e. The second-order valence-electron chi connectivity index (χ2n) is 4.66. The molecule has 0 aliphatic carbocycles. The van der Waals surface area contributed by atoms with Crippen molar-refractivity contribution in [1.82, 2.24) is 4.90 Å². The van der Waals surface area contributed by atoms with E-state index in [0.29, 0.717) is 28.7 Å². The minimum Gasteiger partial charge on any atom is -0.507 e. The molecule has 0 saturated carbocycles. The van der Waals surface area contributed by atoms with Crippen LogP contribution in [-0.4, -0.2) is 27.3 Å². The van der Waals surface area contributed by atoms with Gasteiger partial charge in [-0.05, 0) is 30.5 Å². The summed E-state index contributed by atoms with van der Waals surface area (Å²) in [5, 5.41) is 10.4. The highest BCUT2D eigenvalue weighted by Crippen LogP contribution is 2.27. The molecule has 1 aromatic carbocycles. The topological polar surface area (TPSA) is 66.0 Å². The van der Waals surface area contributed by atoms with Gasteiger partial charge >= 0.3 is 0 Å². The lowest BCUT2D eigenvalue weighted by molar-refractivity contribution is -0.123. The lowest BCUT2D eigenvalue weighted by atomic mass is 10.1. The molecular weight excluding hydrogens is 300 g/mol. The minimum atomic E-state index is -0.205. The van der Waals surface area contributed by atoms with E-state index in [1.807, 2.05) is 12.3 Å². The van der Waals surface area contributed by atoms with Gasteiger partial charge in [0, 0.05) is 5.56 Å². The smallest absolute Gasteiger partial charge is 0.278 e. The highest BCUT2D eigenvalue weighted by molar-refractivity contribution is 8.13. The number of rotatable bonds is 3. The average molecular weight is 314 g/mol. The van der Waals surface area contributed by atoms with Gasteiger partial charge in [-0.2, -0.15) is 0 Å². The van der Waals surface area contributed by atoms with E-state index in [4.69, 9.17) is 4.42 Å². The number of phenols is 1. The Balaban J connectivity index is 1.90. The lowest BCUT2D eigenvalue weighted by Crippen LogP contribution is -2.29. The van der Waals surface area contributed by atoms with Crippen LogP contribution in [0.2, 0.25) is 0 Å². The number of benzene rings is 1. The number of carbonyl (C=O) groups excluding carboxylic acids is 1. The number of phenolic OH excluding ortho intramolecular Hbond substituents is 1. The van der Waals surface area contributed by atoms with E-state index in [2.05, 4.69) is 4.99 Å². The monoisotopic (exact) mass is 314 g/mol. The van der Waals surface area contributed by atoms with Crippen molar-refractivity contribution in [2.45, 2.75) is 6.54 Å². The number of aliphatic imine (C=N–C) groups is 1. The Labute approximate surface area is 132 Å². The molecule has 2 heterocycles. The predicted octanol–water partition coefficient (Wildman–Crippen LogP) is 3.09. The third kappa shape index (κ3) is 2.78. The van der Waals surface area contributed by atoms with Crippen LogP contribution >= 0.6 is 11.8 Å². The number of furan rings is 1. The van der Waals surface area contributed by atoms with Crippen molar-refractivity contribution in [2.24, 2.45) is 4.99 Å². The summed E-state index contributed by atoms with van der Waals surface area (Å²) in [6.45, 7) is 0.337. The van der Waals surface area contributed by atoms with Gasteiger partial charge in [-0.3, -0.25) is 9.69 Å². The molecule has 0 bridgehead atoms. The number of hydrogen-bond acceptors (Lipinski definition) is 5. The second-order valence-corrected chi connectivity index (χ2v) is 5.43. The van der Waals surface area contributed by atoms with Gasteiger partial charge in [-0.1, -0.05) is 30.0 Å². The first kappa shape index (κ1) is 14.5. The first-order valence-corrected chi connectivity index (χ1v) is 7.88. The Kier molecular flexibility index (Phi) is 4.02. The van der Waals surface area contributed by atoms with Gasteiger partial charge in [-0.15, -0.1) is 0 Å². The van der Waals surface area contributed by atoms with Crippen LogP contribution in [0, 0.1) is 0 Å². The summed E-state index contributed by atoms with van der Waals surface area (Å²) >= 11 is 1.39. The van der Waals surface area contributed by atoms with E-state index in [1.165, 1.54) is 11.8 Å². The molecule has 2 aromatic rings. The molecule has 6 heteroatoms. The molecule has 22 heavy (non-hydrogen) atoms. The zero-order valence-electron chi connectivity index (χ0n) is 11.9. The van der Waals surface area contributed by atoms with Gasteiger partial charge in [0.2, 0.25) is 0 Å². The van der Waals surface area contributed by atoms with E-state index >= 15 is 0 Å². The van der Waals surface area contributed by atoms with Gasteiger partial charge in [0.05, 0.1) is 12.8 Å². The first-order valence-electron chi connectivity index (χ1n) is 6.65. The number of para-hydroxylation sites is 1. The molecule has 1 N–H and O–H groups in total. The normalized spacial score (nSPS) is 16.4. The van der Waals surface area contributed by atoms with Crippen LogP contribution in [0.4, 0.5) is 0 Å². The van der Waals surface area contributed by atoms with Crippen molar-refractivity contribution in [3.63, 3.8) is 0 Å². The van der Waals surface area contributed by atoms with Crippen molar-refractivity contribution < 1.29 is 14.3 Å². The van der Waals surface area contributed by atoms with E-state index in [9.17, 15) is 9.90 Å². The second kappa shape index (κ2) is 6.11. The molecule has 1 aliphatic rings. The average Bonchev–Trinajstić information content (AvgIpc) is 3.13. The number of nitrogens with zero attached hydrogens (tertiary/aromatic N) is 2. The summed E-state index contributed by atoms with van der Waals surface area (Å²) in [4.78, 5) is 18.4. The number of thioether (sulfide) groups is 1. The standard InChI is InChI=1S/C16H14N2O3S/c1-22-16-17-13(9-11-5-2-3-7-14(11)19)15(20)18(16)10-12-6-4-8-21-12/h2-9,19H,10H2,1H3. The molecule has 3 rings (SSSR count). The van der Waals surface area contributed by atoms with Crippen LogP contribution in [0.25, 0.3) is 6.08 Å². The summed E-state index contributed by atoms with van der Waals surface area (Å²) in [7, 11) is 0. The van der Waals surface area contributed by atoms with Crippen molar-refractivity contribution in [1.29, 1.82) is 0 Å². The first-order chi connectivity index (χ1) is 10.7. The van der Waals surface area contributed by atoms with Crippen molar-refractivity contribution in [3.8, 4) is 5.75 Å². The lowest BCUT2D eigenvalue weighted by Gasteiger charge is -2.14. The number of amides is 1. The Morgan fingerprint density at radius 1 is 1.32 bits per heavy atom. The van der Waals surface area contributed by atoms with Crippen LogP contribution in [-0.2, 0) is 11.3 Å². The Morgan fingerprint density at radius 2 is 2.14 bits per heavy atom. The Morgan fingerprint density at radius 3 is 2.82 bits per heavy atom. The van der Waals surface area contributed by atoms with Gasteiger partial charge in [0.25, 0.3) is 5.91 Å². The van der Waals surface area contributed by atoms with Crippen molar-refractivity contribution in [3.05, 3.63) is 59.7 Å². The fraction of sp³-hybridized carbons (Fsp3) is 0.125. The molecule has 0 saturated heterocycles. The Bertz CT molecular complexity index is 751. The van der Waals surface area contributed by atoms with Crippen molar-refractivity contribution in [2.75, 3.05) is 6.26 Å². The third-order valence-corrected chi connectivity index (χ3v) is 3.89. The summed E-state index contributed by atoms with van der Waals surface area (Å²) in [5.74, 6) is 0.607. The van der Waals surface area contributed by atoms with Crippen molar-refractivity contribution >= 4 is 28.9 Å². The molecule has 1 amide bonds. The van der Waals surface area contributed by atoms with Crippen LogP contribution in [0.1, 0.15) is 11.3 Å². The summed E-state index contributed by atoms with van der Waals surface area (Å²) < 4.78 is 5.29.